The summed E-state index contributed by atoms with van der Waals surface area (Å²) >= 11 is 0. The summed E-state index contributed by atoms with van der Waals surface area (Å²) in [7, 11) is 0. The Morgan fingerprint density at radius 3 is 2.48 bits per heavy atom. The maximum Gasteiger partial charge on any atom is 0.175 e. The molecular weight excluding hydrogens is 320 g/mol. The summed E-state index contributed by atoms with van der Waals surface area (Å²) in [5.74, 6) is -1.21. The Morgan fingerprint density at radius 1 is 1.16 bits per heavy atom. The summed E-state index contributed by atoms with van der Waals surface area (Å²) in [5.41, 5.74) is -3.06. The van der Waals surface area contributed by atoms with Crippen LogP contribution in [0.5, 0.6) is 0 Å². The highest BCUT2D eigenvalue weighted by Gasteiger charge is 2.89. The van der Waals surface area contributed by atoms with Crippen LogP contribution in [0.1, 0.15) is 53.4 Å². The number of fused-ring (bicyclic) bond motifs is 3. The van der Waals surface area contributed by atoms with Crippen molar-refractivity contribution in [1.82, 2.24) is 0 Å². The quantitative estimate of drug-likeness (QED) is 0.601. The number of rotatable bonds is 2. The lowest BCUT2D eigenvalue weighted by Gasteiger charge is -2.62. The van der Waals surface area contributed by atoms with Crippen molar-refractivity contribution in [3.05, 3.63) is 0 Å². The molecule has 5 fully saturated rings. The molecule has 3 unspecified atom stereocenters. The van der Waals surface area contributed by atoms with Crippen LogP contribution in [0, 0.1) is 40.4 Å². The largest absolute Gasteiger partial charge is 0.396 e. The van der Waals surface area contributed by atoms with Gasteiger partial charge in [0.1, 0.15) is 5.60 Å². The zero-order valence-corrected chi connectivity index (χ0v) is 15.7. The van der Waals surface area contributed by atoms with E-state index in [9.17, 15) is 20.4 Å². The number of hydrogen-bond donors (Lipinski definition) is 4. The van der Waals surface area contributed by atoms with E-state index >= 15 is 0 Å². The van der Waals surface area contributed by atoms with E-state index in [1.54, 1.807) is 0 Å². The van der Waals surface area contributed by atoms with Gasteiger partial charge < -0.3 is 25.2 Å². The van der Waals surface area contributed by atoms with Gasteiger partial charge in [-0.3, -0.25) is 0 Å². The van der Waals surface area contributed by atoms with E-state index in [0.29, 0.717) is 6.42 Å². The van der Waals surface area contributed by atoms with E-state index in [1.165, 1.54) is 0 Å². The smallest absolute Gasteiger partial charge is 0.175 e. The minimum atomic E-state index is -1.39. The Bertz CT molecular complexity index is 636. The van der Waals surface area contributed by atoms with Crippen LogP contribution < -0.4 is 0 Å². The minimum Gasteiger partial charge on any atom is -0.396 e. The van der Waals surface area contributed by atoms with Gasteiger partial charge in [-0.25, -0.2) is 0 Å². The maximum absolute atomic E-state index is 12.1. The van der Waals surface area contributed by atoms with E-state index < -0.39 is 28.5 Å². The zero-order chi connectivity index (χ0) is 18.2. The highest BCUT2D eigenvalue weighted by molar-refractivity contribution is 5.35. The molecule has 5 nitrogen and oxygen atoms in total. The number of aliphatic hydroxyl groups is 4. The number of aliphatic hydroxyl groups excluding tert-OH is 1. The van der Waals surface area contributed by atoms with Crippen molar-refractivity contribution in [2.75, 3.05) is 6.61 Å². The Morgan fingerprint density at radius 2 is 1.84 bits per heavy atom. The van der Waals surface area contributed by atoms with Crippen LogP contribution in [0.15, 0.2) is 0 Å². The molecule has 5 aliphatic rings. The summed E-state index contributed by atoms with van der Waals surface area (Å²) in [6.07, 6.45) is 2.46. The van der Waals surface area contributed by atoms with Gasteiger partial charge in [0.25, 0.3) is 0 Å². The molecule has 0 aromatic heterocycles. The van der Waals surface area contributed by atoms with E-state index in [-0.39, 0.29) is 41.6 Å². The molecule has 0 radical (unpaired) electrons. The first-order valence-electron chi connectivity index (χ1n) is 9.93. The standard InChI is InChI=1S/C20H32O5/c1-10(8-21)12-7-13-16(2)9-19(23)18(12,4)20(13,24)15(25-19)14-11(16)5-6-17(14,3)22/h10-15,21-24H,5-9H2,1-4H3/t10?,11-,12-,13-,14+,15+,16?,17-,18+,19?,20+/m0/s1. The van der Waals surface area contributed by atoms with Crippen LogP contribution in [-0.2, 0) is 4.74 Å². The van der Waals surface area contributed by atoms with Gasteiger partial charge in [-0.15, -0.1) is 0 Å². The summed E-state index contributed by atoms with van der Waals surface area (Å²) < 4.78 is 6.31. The van der Waals surface area contributed by atoms with Gasteiger partial charge in [0, 0.05) is 18.9 Å². The van der Waals surface area contributed by atoms with Crippen LogP contribution >= 0.6 is 0 Å². The van der Waals surface area contributed by atoms with Gasteiger partial charge in [-0.05, 0) is 55.3 Å². The third-order valence-electron chi connectivity index (χ3n) is 9.84. The fourth-order valence-corrected chi connectivity index (χ4v) is 8.65. The van der Waals surface area contributed by atoms with Crippen molar-refractivity contribution >= 4 is 0 Å². The molecule has 0 aromatic rings. The molecule has 5 heteroatoms. The monoisotopic (exact) mass is 352 g/mol. The summed E-state index contributed by atoms with van der Waals surface area (Å²) in [4.78, 5) is 0. The molecule has 0 amide bonds. The molecule has 142 valence electrons. The molecule has 0 spiro atoms. The molecule has 1 aliphatic heterocycles. The molecule has 4 N–H and O–H groups in total. The first-order valence-corrected chi connectivity index (χ1v) is 9.93. The first kappa shape index (κ1) is 16.9. The van der Waals surface area contributed by atoms with Gasteiger partial charge in [0.2, 0.25) is 0 Å². The Kier molecular flexibility index (Phi) is 2.90. The number of hydrogen-bond acceptors (Lipinski definition) is 5. The van der Waals surface area contributed by atoms with Crippen LogP contribution in [0.3, 0.4) is 0 Å². The average molecular weight is 352 g/mol. The summed E-state index contributed by atoms with van der Waals surface area (Å²) in [5, 5.41) is 44.7. The van der Waals surface area contributed by atoms with Crippen molar-refractivity contribution in [1.29, 1.82) is 0 Å². The fourth-order valence-electron chi connectivity index (χ4n) is 8.65. The molecular formula is C20H32O5. The van der Waals surface area contributed by atoms with Crippen molar-refractivity contribution in [2.45, 2.75) is 76.5 Å². The van der Waals surface area contributed by atoms with Gasteiger partial charge in [0.05, 0.1) is 17.1 Å². The number of ether oxygens (including phenoxy) is 1. The second-order valence-electron chi connectivity index (χ2n) is 10.6. The molecule has 4 aliphatic carbocycles. The Hall–Kier alpha value is -0.200. The van der Waals surface area contributed by atoms with E-state index in [1.807, 2.05) is 20.8 Å². The third kappa shape index (κ3) is 1.43. The van der Waals surface area contributed by atoms with Crippen molar-refractivity contribution in [3.63, 3.8) is 0 Å². The molecule has 1 heterocycles. The lowest BCUT2D eigenvalue weighted by Crippen LogP contribution is -2.71. The van der Waals surface area contributed by atoms with Gasteiger partial charge in [-0.1, -0.05) is 20.8 Å². The zero-order valence-electron chi connectivity index (χ0n) is 15.7. The fraction of sp³-hybridized carbons (Fsp3) is 1.00. The topological polar surface area (TPSA) is 90.2 Å². The predicted octanol–water partition coefficient (Wildman–Crippen LogP) is 1.28. The lowest BCUT2D eigenvalue weighted by atomic mass is 9.43. The SMILES string of the molecule is CC(CO)[C@@H]1C[C@H]2C3(C)CC4(O)O[C@H]([C@H]5[C@@H]3CC[C@]5(C)O)[C@@]2(O)[C@]14C. The third-order valence-corrected chi connectivity index (χ3v) is 9.84. The van der Waals surface area contributed by atoms with Crippen LogP contribution in [-0.4, -0.2) is 50.1 Å². The van der Waals surface area contributed by atoms with Crippen molar-refractivity contribution in [3.8, 4) is 0 Å². The predicted molar refractivity (Wildman–Crippen MR) is 90.3 cm³/mol. The van der Waals surface area contributed by atoms with Crippen molar-refractivity contribution < 1.29 is 25.2 Å². The van der Waals surface area contributed by atoms with Gasteiger partial charge >= 0.3 is 0 Å². The molecule has 5 rings (SSSR count). The van der Waals surface area contributed by atoms with Crippen molar-refractivity contribution in [2.24, 2.45) is 40.4 Å². The van der Waals surface area contributed by atoms with E-state index in [0.717, 1.165) is 19.3 Å². The van der Waals surface area contributed by atoms with Crippen LogP contribution in [0.25, 0.3) is 0 Å². The van der Waals surface area contributed by atoms with Crippen LogP contribution in [0.2, 0.25) is 0 Å². The Balaban J connectivity index is 1.75. The van der Waals surface area contributed by atoms with Gasteiger partial charge in [-0.2, -0.15) is 0 Å². The molecule has 1 saturated heterocycles. The van der Waals surface area contributed by atoms with E-state index in [4.69, 9.17) is 4.74 Å². The van der Waals surface area contributed by atoms with Gasteiger partial charge in [0.15, 0.2) is 5.79 Å². The Labute approximate surface area is 149 Å². The van der Waals surface area contributed by atoms with Crippen LogP contribution in [0.4, 0.5) is 0 Å². The highest BCUT2D eigenvalue weighted by Crippen LogP contribution is 2.82. The molecule has 4 saturated carbocycles. The second-order valence-corrected chi connectivity index (χ2v) is 10.6. The molecule has 5 bridgehead atoms. The molecule has 0 aromatic carbocycles. The summed E-state index contributed by atoms with van der Waals surface area (Å²) in [6.45, 7) is 8.08. The van der Waals surface area contributed by atoms with E-state index in [2.05, 4.69) is 6.92 Å². The summed E-state index contributed by atoms with van der Waals surface area (Å²) in [6, 6.07) is 0. The highest BCUT2D eigenvalue weighted by atomic mass is 16.7. The molecule has 11 atom stereocenters. The minimum absolute atomic E-state index is 0.00352. The maximum atomic E-state index is 12.1. The lowest BCUT2D eigenvalue weighted by molar-refractivity contribution is -0.283. The average Bonchev–Trinajstić information content (AvgIpc) is 2.95. The normalized spacial score (nSPS) is 68.4. The molecule has 25 heavy (non-hydrogen) atoms. The first-order chi connectivity index (χ1) is 11.5. The second kappa shape index (κ2) is 4.27.